The number of halogens is 1. The van der Waals surface area contributed by atoms with Gasteiger partial charge in [-0.1, -0.05) is 20.8 Å². The number of hydrogen-bond acceptors (Lipinski definition) is 4. The molecule has 1 aliphatic carbocycles. The van der Waals surface area contributed by atoms with Gasteiger partial charge in [0.05, 0.1) is 6.10 Å². The second-order valence-electron chi connectivity index (χ2n) is 6.37. The van der Waals surface area contributed by atoms with E-state index in [0.29, 0.717) is 12.0 Å². The Morgan fingerprint density at radius 1 is 1.20 bits per heavy atom. The average molecular weight is 343 g/mol. The van der Waals surface area contributed by atoms with Gasteiger partial charge in [-0.25, -0.2) is 4.98 Å². The fraction of sp³-hybridized carbons (Fsp3) is 0.733. The van der Waals surface area contributed by atoms with Crippen LogP contribution in [0.5, 0.6) is 5.88 Å². The monoisotopic (exact) mass is 342 g/mol. The topological polar surface area (TPSA) is 44.2 Å². The SMILES string of the molecule is COC1CCCC(Oc2cc(Br)nc(C(C)(C)C)n2)C1. The molecule has 1 saturated carbocycles. The largest absolute Gasteiger partial charge is 0.474 e. The molecule has 1 aliphatic rings. The Balaban J connectivity index is 2.11. The second-order valence-corrected chi connectivity index (χ2v) is 7.18. The van der Waals surface area contributed by atoms with Gasteiger partial charge in [-0.3, -0.25) is 0 Å². The Morgan fingerprint density at radius 3 is 2.55 bits per heavy atom. The average Bonchev–Trinajstić information content (AvgIpc) is 2.37. The fourth-order valence-corrected chi connectivity index (χ4v) is 2.75. The minimum absolute atomic E-state index is 0.0937. The van der Waals surface area contributed by atoms with E-state index in [-0.39, 0.29) is 11.5 Å². The van der Waals surface area contributed by atoms with Crippen LogP contribution in [0.3, 0.4) is 0 Å². The lowest BCUT2D eigenvalue weighted by molar-refractivity contribution is 0.0193. The first kappa shape index (κ1) is 15.7. The maximum absolute atomic E-state index is 6.04. The second kappa shape index (κ2) is 6.39. The first-order valence-corrected chi connectivity index (χ1v) is 7.92. The van der Waals surface area contributed by atoms with Crippen molar-refractivity contribution in [1.29, 1.82) is 0 Å². The predicted octanol–water partition coefficient (Wildman–Crippen LogP) is 3.87. The third kappa shape index (κ3) is 4.16. The summed E-state index contributed by atoms with van der Waals surface area (Å²) in [5.41, 5.74) is -0.0937. The van der Waals surface area contributed by atoms with Gasteiger partial charge in [0.25, 0.3) is 0 Å². The summed E-state index contributed by atoms with van der Waals surface area (Å²) in [7, 11) is 1.77. The van der Waals surface area contributed by atoms with Gasteiger partial charge in [0.15, 0.2) is 0 Å². The van der Waals surface area contributed by atoms with Crippen molar-refractivity contribution in [3.05, 3.63) is 16.5 Å². The van der Waals surface area contributed by atoms with Gasteiger partial charge < -0.3 is 9.47 Å². The lowest BCUT2D eigenvalue weighted by atomic mass is 9.95. The molecule has 2 rings (SSSR count). The highest BCUT2D eigenvalue weighted by Gasteiger charge is 2.25. The van der Waals surface area contributed by atoms with Crippen LogP contribution >= 0.6 is 15.9 Å². The third-order valence-corrected chi connectivity index (χ3v) is 3.95. The van der Waals surface area contributed by atoms with E-state index in [0.717, 1.165) is 36.1 Å². The van der Waals surface area contributed by atoms with E-state index < -0.39 is 0 Å². The molecule has 0 saturated heterocycles. The van der Waals surface area contributed by atoms with Gasteiger partial charge in [-0.2, -0.15) is 4.98 Å². The Hall–Kier alpha value is -0.680. The van der Waals surface area contributed by atoms with Crippen molar-refractivity contribution in [3.8, 4) is 5.88 Å². The molecule has 0 aliphatic heterocycles. The van der Waals surface area contributed by atoms with Gasteiger partial charge in [-0.15, -0.1) is 0 Å². The fourth-order valence-electron chi connectivity index (χ4n) is 2.39. The minimum Gasteiger partial charge on any atom is -0.474 e. The highest BCUT2D eigenvalue weighted by molar-refractivity contribution is 9.10. The van der Waals surface area contributed by atoms with Crippen LogP contribution in [0, 0.1) is 0 Å². The molecule has 2 atom stereocenters. The zero-order chi connectivity index (χ0) is 14.8. The van der Waals surface area contributed by atoms with Gasteiger partial charge >= 0.3 is 0 Å². The highest BCUT2D eigenvalue weighted by Crippen LogP contribution is 2.27. The normalized spacial score (nSPS) is 23.6. The zero-order valence-corrected chi connectivity index (χ0v) is 14.2. The molecule has 0 N–H and O–H groups in total. The first-order chi connectivity index (χ1) is 9.38. The van der Waals surface area contributed by atoms with E-state index in [2.05, 4.69) is 46.7 Å². The van der Waals surface area contributed by atoms with E-state index in [1.807, 2.05) is 6.07 Å². The van der Waals surface area contributed by atoms with Crippen LogP contribution in [0.1, 0.15) is 52.3 Å². The summed E-state index contributed by atoms with van der Waals surface area (Å²) in [6.45, 7) is 6.29. The number of methoxy groups -OCH3 is 1. The van der Waals surface area contributed by atoms with Crippen LogP contribution < -0.4 is 4.74 Å². The standard InChI is InChI=1S/C15H23BrN2O2/c1-15(2,3)14-17-12(16)9-13(18-14)20-11-7-5-6-10(8-11)19-4/h9-11H,5-8H2,1-4H3. The van der Waals surface area contributed by atoms with E-state index in [1.54, 1.807) is 7.11 Å². The summed E-state index contributed by atoms with van der Waals surface area (Å²) in [5.74, 6) is 1.44. The molecule has 0 radical (unpaired) electrons. The lowest BCUT2D eigenvalue weighted by Gasteiger charge is -2.28. The van der Waals surface area contributed by atoms with Crippen molar-refractivity contribution in [2.45, 2.75) is 64.1 Å². The molecule has 1 fully saturated rings. The Kier molecular flexibility index (Phi) is 5.02. The van der Waals surface area contributed by atoms with Crippen molar-refractivity contribution in [1.82, 2.24) is 9.97 Å². The molecule has 0 bridgehead atoms. The molecule has 1 aromatic rings. The van der Waals surface area contributed by atoms with E-state index in [9.17, 15) is 0 Å². The van der Waals surface area contributed by atoms with Gasteiger partial charge in [0.1, 0.15) is 16.5 Å². The van der Waals surface area contributed by atoms with Crippen molar-refractivity contribution in [2.75, 3.05) is 7.11 Å². The smallest absolute Gasteiger partial charge is 0.218 e. The Labute approximate surface area is 129 Å². The summed E-state index contributed by atoms with van der Waals surface area (Å²) in [6.07, 6.45) is 4.75. The van der Waals surface area contributed by atoms with Crippen LogP contribution in [-0.2, 0) is 10.2 Å². The van der Waals surface area contributed by atoms with Crippen molar-refractivity contribution in [2.24, 2.45) is 0 Å². The number of rotatable bonds is 3. The summed E-state index contributed by atoms with van der Waals surface area (Å²) in [5, 5.41) is 0. The highest BCUT2D eigenvalue weighted by atomic mass is 79.9. The number of nitrogens with zero attached hydrogens (tertiary/aromatic N) is 2. The molecule has 2 unspecified atom stereocenters. The molecule has 112 valence electrons. The molecular formula is C15H23BrN2O2. The van der Waals surface area contributed by atoms with Crippen LogP contribution in [-0.4, -0.2) is 29.3 Å². The van der Waals surface area contributed by atoms with Crippen LogP contribution in [0.4, 0.5) is 0 Å². The molecular weight excluding hydrogens is 320 g/mol. The molecule has 0 spiro atoms. The minimum atomic E-state index is -0.0937. The summed E-state index contributed by atoms with van der Waals surface area (Å²) < 4.78 is 12.3. The molecule has 4 nitrogen and oxygen atoms in total. The summed E-state index contributed by atoms with van der Waals surface area (Å²) in [4.78, 5) is 8.98. The van der Waals surface area contributed by atoms with Crippen LogP contribution in [0.2, 0.25) is 0 Å². The molecule has 0 amide bonds. The van der Waals surface area contributed by atoms with Gasteiger partial charge in [0.2, 0.25) is 5.88 Å². The molecule has 5 heteroatoms. The maximum Gasteiger partial charge on any atom is 0.218 e. The molecule has 1 aromatic heterocycles. The molecule has 1 heterocycles. The van der Waals surface area contributed by atoms with Crippen molar-refractivity contribution < 1.29 is 9.47 Å². The lowest BCUT2D eigenvalue weighted by Crippen LogP contribution is -2.30. The summed E-state index contributed by atoms with van der Waals surface area (Å²) in [6, 6.07) is 1.84. The van der Waals surface area contributed by atoms with Crippen molar-refractivity contribution in [3.63, 3.8) is 0 Å². The van der Waals surface area contributed by atoms with Gasteiger partial charge in [0, 0.05) is 25.0 Å². The Bertz CT molecular complexity index is 460. The quantitative estimate of drug-likeness (QED) is 0.782. The molecule has 20 heavy (non-hydrogen) atoms. The molecule has 0 aromatic carbocycles. The third-order valence-electron chi connectivity index (χ3n) is 3.54. The van der Waals surface area contributed by atoms with E-state index >= 15 is 0 Å². The number of ether oxygens (including phenoxy) is 2. The van der Waals surface area contributed by atoms with Gasteiger partial charge in [-0.05, 0) is 35.2 Å². The number of aromatic nitrogens is 2. The van der Waals surface area contributed by atoms with E-state index in [4.69, 9.17) is 9.47 Å². The first-order valence-electron chi connectivity index (χ1n) is 7.13. The van der Waals surface area contributed by atoms with E-state index in [1.165, 1.54) is 0 Å². The summed E-state index contributed by atoms with van der Waals surface area (Å²) >= 11 is 3.44. The maximum atomic E-state index is 6.04. The van der Waals surface area contributed by atoms with Crippen LogP contribution in [0.15, 0.2) is 10.7 Å². The number of hydrogen-bond donors (Lipinski definition) is 0. The van der Waals surface area contributed by atoms with Crippen LogP contribution in [0.25, 0.3) is 0 Å². The van der Waals surface area contributed by atoms with Crippen molar-refractivity contribution >= 4 is 15.9 Å². The Morgan fingerprint density at radius 2 is 1.90 bits per heavy atom. The predicted molar refractivity (Wildman–Crippen MR) is 82.1 cm³/mol. The zero-order valence-electron chi connectivity index (χ0n) is 12.6.